The van der Waals surface area contributed by atoms with Crippen LogP contribution in [0.25, 0.3) is 11.3 Å². The van der Waals surface area contributed by atoms with Gasteiger partial charge in [0, 0.05) is 41.9 Å². The number of halogens is 3. The molecule has 150 valence electrons. The Morgan fingerprint density at radius 1 is 1.10 bits per heavy atom. The lowest BCUT2D eigenvalue weighted by atomic mass is 9.93. The van der Waals surface area contributed by atoms with Crippen molar-refractivity contribution < 1.29 is 18.0 Å². The van der Waals surface area contributed by atoms with Gasteiger partial charge in [0.2, 0.25) is 0 Å². The highest BCUT2D eigenvalue weighted by atomic mass is 19.1. The number of nitrogens with one attached hydrogen (secondary N) is 1. The molecule has 0 saturated carbocycles. The van der Waals surface area contributed by atoms with Gasteiger partial charge in [0.05, 0.1) is 5.69 Å². The minimum absolute atomic E-state index is 0.0261. The molecular formula is C22H20F3N3O. The first-order valence-electron chi connectivity index (χ1n) is 9.48. The number of hydrogen-bond acceptors (Lipinski definition) is 2. The third-order valence-electron chi connectivity index (χ3n) is 5.37. The molecule has 2 heterocycles. The molecule has 0 unspecified atom stereocenters. The Bertz CT molecular complexity index is 1060. The highest BCUT2D eigenvalue weighted by Crippen LogP contribution is 2.30. The first kappa shape index (κ1) is 19.2. The summed E-state index contributed by atoms with van der Waals surface area (Å²) in [6.07, 6.45) is 1.68. The molecule has 0 spiro atoms. The van der Waals surface area contributed by atoms with Crippen molar-refractivity contribution in [3.63, 3.8) is 0 Å². The second-order valence-electron chi connectivity index (χ2n) is 7.38. The largest absolute Gasteiger partial charge is 0.338 e. The SMILES string of the molecule is Cc1cc(F)ccc1C(=O)N1CCC[C@H](c2cc(-c3ccc(F)cc3F)n[nH]2)C1. The molecule has 29 heavy (non-hydrogen) atoms. The minimum atomic E-state index is -0.671. The molecule has 1 aliphatic rings. The number of aromatic amines is 1. The average Bonchev–Trinajstić information content (AvgIpc) is 3.17. The number of likely N-dealkylation sites (tertiary alicyclic amines) is 1. The Balaban J connectivity index is 1.53. The van der Waals surface area contributed by atoms with Crippen molar-refractivity contribution in [2.24, 2.45) is 0 Å². The van der Waals surface area contributed by atoms with Crippen LogP contribution >= 0.6 is 0 Å². The summed E-state index contributed by atoms with van der Waals surface area (Å²) in [5.41, 5.74) is 2.52. The predicted octanol–water partition coefficient (Wildman–Crippen LogP) is 4.82. The van der Waals surface area contributed by atoms with Crippen LogP contribution in [0.5, 0.6) is 0 Å². The van der Waals surface area contributed by atoms with Gasteiger partial charge in [-0.3, -0.25) is 9.89 Å². The zero-order valence-corrected chi connectivity index (χ0v) is 15.9. The van der Waals surface area contributed by atoms with Gasteiger partial charge in [-0.1, -0.05) is 0 Å². The van der Waals surface area contributed by atoms with Crippen LogP contribution in [-0.2, 0) is 0 Å². The van der Waals surface area contributed by atoms with Crippen LogP contribution < -0.4 is 0 Å². The van der Waals surface area contributed by atoms with Crippen molar-refractivity contribution in [2.75, 3.05) is 13.1 Å². The van der Waals surface area contributed by atoms with E-state index >= 15 is 0 Å². The van der Waals surface area contributed by atoms with E-state index in [-0.39, 0.29) is 23.2 Å². The lowest BCUT2D eigenvalue weighted by Crippen LogP contribution is -2.39. The van der Waals surface area contributed by atoms with E-state index in [1.807, 2.05) is 0 Å². The first-order chi connectivity index (χ1) is 13.9. The van der Waals surface area contributed by atoms with Gasteiger partial charge in [-0.15, -0.1) is 0 Å². The topological polar surface area (TPSA) is 49.0 Å². The highest BCUT2D eigenvalue weighted by molar-refractivity contribution is 5.95. The fraction of sp³-hybridized carbons (Fsp3) is 0.273. The maximum absolute atomic E-state index is 14.0. The summed E-state index contributed by atoms with van der Waals surface area (Å²) < 4.78 is 40.5. The summed E-state index contributed by atoms with van der Waals surface area (Å²) in [5, 5.41) is 7.11. The minimum Gasteiger partial charge on any atom is -0.338 e. The number of carbonyl (C=O) groups is 1. The smallest absolute Gasteiger partial charge is 0.254 e. The molecule has 1 atom stereocenters. The molecule has 0 radical (unpaired) electrons. The number of aromatic nitrogens is 2. The summed E-state index contributed by atoms with van der Waals surface area (Å²) in [4.78, 5) is 14.7. The predicted molar refractivity (Wildman–Crippen MR) is 103 cm³/mol. The first-order valence-corrected chi connectivity index (χ1v) is 9.48. The van der Waals surface area contributed by atoms with Gasteiger partial charge < -0.3 is 4.90 Å². The van der Waals surface area contributed by atoms with E-state index in [0.29, 0.717) is 29.9 Å². The Morgan fingerprint density at radius 2 is 1.86 bits per heavy atom. The molecule has 1 amide bonds. The number of aryl methyl sites for hydroxylation is 1. The summed E-state index contributed by atoms with van der Waals surface area (Å²) in [7, 11) is 0. The van der Waals surface area contributed by atoms with E-state index in [4.69, 9.17) is 0 Å². The van der Waals surface area contributed by atoms with Gasteiger partial charge in [-0.25, -0.2) is 13.2 Å². The van der Waals surface area contributed by atoms with E-state index in [0.717, 1.165) is 24.6 Å². The molecular weight excluding hydrogens is 379 g/mol. The van der Waals surface area contributed by atoms with Crippen LogP contribution in [0.15, 0.2) is 42.5 Å². The quantitative estimate of drug-likeness (QED) is 0.686. The lowest BCUT2D eigenvalue weighted by Gasteiger charge is -2.32. The van der Waals surface area contributed by atoms with Crippen LogP contribution in [-0.4, -0.2) is 34.1 Å². The molecule has 0 aliphatic carbocycles. The van der Waals surface area contributed by atoms with Crippen LogP contribution in [0.1, 0.15) is 40.4 Å². The van der Waals surface area contributed by atoms with Crippen LogP contribution in [0.3, 0.4) is 0 Å². The normalized spacial score (nSPS) is 16.8. The fourth-order valence-corrected chi connectivity index (χ4v) is 3.83. The highest BCUT2D eigenvalue weighted by Gasteiger charge is 2.27. The van der Waals surface area contributed by atoms with Gasteiger partial charge in [0.1, 0.15) is 17.5 Å². The van der Waals surface area contributed by atoms with Crippen molar-refractivity contribution in [2.45, 2.75) is 25.7 Å². The van der Waals surface area contributed by atoms with Crippen molar-refractivity contribution in [3.8, 4) is 11.3 Å². The van der Waals surface area contributed by atoms with Gasteiger partial charge in [0.25, 0.3) is 5.91 Å². The van der Waals surface area contributed by atoms with Crippen LogP contribution in [0, 0.1) is 24.4 Å². The summed E-state index contributed by atoms with van der Waals surface area (Å²) >= 11 is 0. The Labute approximate surface area is 166 Å². The number of hydrogen-bond donors (Lipinski definition) is 1. The molecule has 1 aliphatic heterocycles. The number of H-pyrrole nitrogens is 1. The van der Waals surface area contributed by atoms with Crippen molar-refractivity contribution in [1.82, 2.24) is 15.1 Å². The number of rotatable bonds is 3. The van der Waals surface area contributed by atoms with Gasteiger partial charge in [0.15, 0.2) is 0 Å². The standard InChI is InChI=1S/C22H20F3N3O/c1-13-9-15(23)4-6-17(13)22(29)28-8-2-3-14(12-28)20-11-21(27-26-20)18-7-5-16(24)10-19(18)25/h4-7,9-11,14H,2-3,8,12H2,1H3,(H,26,27)/t14-/m0/s1. The zero-order chi connectivity index (χ0) is 20.5. The third kappa shape index (κ3) is 3.90. The molecule has 4 rings (SSSR count). The summed E-state index contributed by atoms with van der Waals surface area (Å²) in [6.45, 7) is 2.83. The van der Waals surface area contributed by atoms with E-state index < -0.39 is 11.6 Å². The lowest BCUT2D eigenvalue weighted by molar-refractivity contribution is 0.0705. The molecule has 2 aromatic carbocycles. The van der Waals surface area contributed by atoms with Gasteiger partial charge >= 0.3 is 0 Å². The fourth-order valence-electron chi connectivity index (χ4n) is 3.83. The molecule has 1 fully saturated rings. The molecule has 4 nitrogen and oxygen atoms in total. The second-order valence-corrected chi connectivity index (χ2v) is 7.38. The number of amides is 1. The molecule has 7 heteroatoms. The molecule has 1 saturated heterocycles. The monoisotopic (exact) mass is 399 g/mol. The van der Waals surface area contributed by atoms with E-state index in [2.05, 4.69) is 10.2 Å². The molecule has 1 N–H and O–H groups in total. The Hall–Kier alpha value is -3.09. The average molecular weight is 399 g/mol. The van der Waals surface area contributed by atoms with Crippen molar-refractivity contribution in [1.29, 1.82) is 0 Å². The second kappa shape index (κ2) is 7.73. The third-order valence-corrected chi connectivity index (χ3v) is 5.37. The van der Waals surface area contributed by atoms with Crippen molar-refractivity contribution in [3.05, 3.63) is 76.7 Å². The number of benzene rings is 2. The number of carbonyl (C=O) groups excluding carboxylic acids is 1. The Kier molecular flexibility index (Phi) is 5.13. The van der Waals surface area contributed by atoms with Gasteiger partial charge in [-0.05, 0) is 61.7 Å². The molecule has 0 bridgehead atoms. The van der Waals surface area contributed by atoms with E-state index in [1.54, 1.807) is 17.9 Å². The zero-order valence-electron chi connectivity index (χ0n) is 15.9. The van der Waals surface area contributed by atoms with E-state index in [9.17, 15) is 18.0 Å². The number of piperidine rings is 1. The maximum atomic E-state index is 14.0. The van der Waals surface area contributed by atoms with Gasteiger partial charge in [-0.2, -0.15) is 5.10 Å². The molecule has 3 aromatic rings. The molecule has 1 aromatic heterocycles. The van der Waals surface area contributed by atoms with Crippen molar-refractivity contribution >= 4 is 5.91 Å². The van der Waals surface area contributed by atoms with Crippen LogP contribution in [0.2, 0.25) is 0 Å². The van der Waals surface area contributed by atoms with E-state index in [1.165, 1.54) is 30.3 Å². The van der Waals surface area contributed by atoms with Crippen LogP contribution in [0.4, 0.5) is 13.2 Å². The summed E-state index contributed by atoms with van der Waals surface area (Å²) in [5.74, 6) is -1.78. The maximum Gasteiger partial charge on any atom is 0.254 e. The number of nitrogens with zero attached hydrogens (tertiary/aromatic N) is 2. The summed E-state index contributed by atoms with van der Waals surface area (Å²) in [6, 6.07) is 9.29. The Morgan fingerprint density at radius 3 is 2.62 bits per heavy atom.